The van der Waals surface area contributed by atoms with Crippen molar-refractivity contribution in [3.8, 4) is 17.3 Å². The smallest absolute Gasteiger partial charge is 0.319 e. The standard InChI is InChI=1S/C15H15N5O3/c1-22-11-6-4-10(5-7-11)17-15(21)16-9-13-18-14(20-19-13)12-3-2-8-23-12/h2-8H,9H2,1H3,(H2,16,17,21)(H,18,19,20). The minimum Gasteiger partial charge on any atom is -0.497 e. The van der Waals surface area contributed by atoms with Crippen LogP contribution in [-0.4, -0.2) is 28.3 Å². The van der Waals surface area contributed by atoms with Crippen molar-refractivity contribution in [1.82, 2.24) is 20.5 Å². The van der Waals surface area contributed by atoms with E-state index in [1.807, 2.05) is 0 Å². The lowest BCUT2D eigenvalue weighted by molar-refractivity contribution is 0.251. The number of nitrogens with zero attached hydrogens (tertiary/aromatic N) is 2. The van der Waals surface area contributed by atoms with Gasteiger partial charge in [-0.2, -0.15) is 0 Å². The zero-order valence-electron chi connectivity index (χ0n) is 12.4. The van der Waals surface area contributed by atoms with Gasteiger partial charge >= 0.3 is 6.03 Å². The lowest BCUT2D eigenvalue weighted by Gasteiger charge is -2.07. The maximum atomic E-state index is 11.8. The lowest BCUT2D eigenvalue weighted by Crippen LogP contribution is -2.28. The Balaban J connectivity index is 1.52. The molecule has 0 aliphatic carbocycles. The number of ether oxygens (including phenoxy) is 1. The summed E-state index contributed by atoms with van der Waals surface area (Å²) >= 11 is 0. The van der Waals surface area contributed by atoms with Gasteiger partial charge in [-0.15, -0.1) is 5.10 Å². The highest BCUT2D eigenvalue weighted by Gasteiger charge is 2.09. The van der Waals surface area contributed by atoms with Crippen LogP contribution in [0.25, 0.3) is 11.6 Å². The normalized spacial score (nSPS) is 10.3. The van der Waals surface area contributed by atoms with E-state index in [9.17, 15) is 4.79 Å². The zero-order valence-corrected chi connectivity index (χ0v) is 12.4. The van der Waals surface area contributed by atoms with Gasteiger partial charge in [0.2, 0.25) is 5.82 Å². The fourth-order valence-corrected chi connectivity index (χ4v) is 1.90. The highest BCUT2D eigenvalue weighted by Crippen LogP contribution is 2.15. The summed E-state index contributed by atoms with van der Waals surface area (Å²) in [5.74, 6) is 2.27. The first-order valence-electron chi connectivity index (χ1n) is 6.88. The molecule has 0 radical (unpaired) electrons. The molecule has 8 nitrogen and oxygen atoms in total. The number of hydrogen-bond donors (Lipinski definition) is 3. The van der Waals surface area contributed by atoms with Crippen molar-refractivity contribution in [2.24, 2.45) is 0 Å². The molecule has 0 aliphatic heterocycles. The number of anilines is 1. The van der Waals surface area contributed by atoms with E-state index < -0.39 is 0 Å². The van der Waals surface area contributed by atoms with E-state index in [2.05, 4.69) is 25.8 Å². The van der Waals surface area contributed by atoms with E-state index in [0.717, 1.165) is 5.75 Å². The van der Waals surface area contributed by atoms with Crippen molar-refractivity contribution in [1.29, 1.82) is 0 Å². The number of amides is 2. The molecule has 3 aromatic rings. The van der Waals surface area contributed by atoms with Crippen LogP contribution in [0, 0.1) is 0 Å². The largest absolute Gasteiger partial charge is 0.497 e. The van der Waals surface area contributed by atoms with Crippen molar-refractivity contribution in [2.45, 2.75) is 6.54 Å². The molecule has 2 heterocycles. The van der Waals surface area contributed by atoms with Gasteiger partial charge in [0.1, 0.15) is 11.6 Å². The minimum absolute atomic E-state index is 0.218. The molecular weight excluding hydrogens is 298 g/mol. The molecule has 0 fully saturated rings. The van der Waals surface area contributed by atoms with E-state index >= 15 is 0 Å². The van der Waals surface area contributed by atoms with Crippen LogP contribution in [0.15, 0.2) is 47.1 Å². The highest BCUT2D eigenvalue weighted by atomic mass is 16.5. The quantitative estimate of drug-likeness (QED) is 0.671. The van der Waals surface area contributed by atoms with E-state index in [1.54, 1.807) is 49.8 Å². The Morgan fingerprint density at radius 2 is 2.13 bits per heavy atom. The van der Waals surface area contributed by atoms with Crippen LogP contribution in [0.1, 0.15) is 5.82 Å². The van der Waals surface area contributed by atoms with E-state index in [4.69, 9.17) is 9.15 Å². The van der Waals surface area contributed by atoms with Gasteiger partial charge in [-0.1, -0.05) is 0 Å². The number of urea groups is 1. The van der Waals surface area contributed by atoms with Crippen LogP contribution in [0.4, 0.5) is 10.5 Å². The molecule has 2 aromatic heterocycles. The fourth-order valence-electron chi connectivity index (χ4n) is 1.90. The first-order chi connectivity index (χ1) is 11.2. The fraction of sp³-hybridized carbons (Fsp3) is 0.133. The van der Waals surface area contributed by atoms with Crippen LogP contribution in [0.2, 0.25) is 0 Å². The van der Waals surface area contributed by atoms with E-state index in [0.29, 0.717) is 23.1 Å². The van der Waals surface area contributed by atoms with Crippen LogP contribution in [0.5, 0.6) is 5.75 Å². The summed E-state index contributed by atoms with van der Waals surface area (Å²) in [6, 6.07) is 10.2. The summed E-state index contributed by atoms with van der Waals surface area (Å²) in [7, 11) is 1.59. The Kier molecular flexibility index (Phi) is 4.23. The van der Waals surface area contributed by atoms with Gasteiger partial charge in [0.15, 0.2) is 5.76 Å². The van der Waals surface area contributed by atoms with E-state index in [-0.39, 0.29) is 12.6 Å². The molecule has 1 aromatic carbocycles. The molecule has 0 spiro atoms. The monoisotopic (exact) mass is 313 g/mol. The van der Waals surface area contributed by atoms with Crippen molar-refractivity contribution < 1.29 is 13.9 Å². The van der Waals surface area contributed by atoms with Gasteiger partial charge < -0.3 is 19.8 Å². The topological polar surface area (TPSA) is 105 Å². The Hall–Kier alpha value is -3.29. The number of furan rings is 1. The third-order valence-corrected chi connectivity index (χ3v) is 3.04. The summed E-state index contributed by atoms with van der Waals surface area (Å²) < 4.78 is 10.3. The lowest BCUT2D eigenvalue weighted by atomic mass is 10.3. The maximum Gasteiger partial charge on any atom is 0.319 e. The van der Waals surface area contributed by atoms with Crippen LogP contribution in [0.3, 0.4) is 0 Å². The summed E-state index contributed by atoms with van der Waals surface area (Å²) in [6.07, 6.45) is 1.55. The first-order valence-corrected chi connectivity index (χ1v) is 6.88. The number of aromatic nitrogens is 3. The Labute approximate surface area is 131 Å². The molecule has 0 saturated carbocycles. The molecule has 0 saturated heterocycles. The first kappa shape index (κ1) is 14.6. The average Bonchev–Trinajstić information content (AvgIpc) is 3.25. The number of benzene rings is 1. The molecule has 118 valence electrons. The van der Waals surface area contributed by atoms with Gasteiger partial charge in [0, 0.05) is 5.69 Å². The third kappa shape index (κ3) is 3.67. The van der Waals surface area contributed by atoms with Gasteiger partial charge in [-0.05, 0) is 36.4 Å². The molecule has 23 heavy (non-hydrogen) atoms. The molecule has 0 bridgehead atoms. The van der Waals surface area contributed by atoms with E-state index in [1.165, 1.54) is 0 Å². The molecule has 0 atom stereocenters. The molecule has 8 heteroatoms. The van der Waals surface area contributed by atoms with Gasteiger partial charge in [0.05, 0.1) is 19.9 Å². The molecule has 2 amide bonds. The highest BCUT2D eigenvalue weighted by molar-refractivity contribution is 5.89. The van der Waals surface area contributed by atoms with Crippen LogP contribution in [-0.2, 0) is 6.54 Å². The number of methoxy groups -OCH3 is 1. The summed E-state index contributed by atoms with van der Waals surface area (Å²) in [6.45, 7) is 0.218. The summed E-state index contributed by atoms with van der Waals surface area (Å²) in [4.78, 5) is 16.1. The van der Waals surface area contributed by atoms with Crippen LogP contribution < -0.4 is 15.4 Å². The number of aromatic amines is 1. The summed E-state index contributed by atoms with van der Waals surface area (Å²) in [5, 5.41) is 12.2. The molecule has 0 unspecified atom stereocenters. The van der Waals surface area contributed by atoms with Gasteiger partial charge in [-0.3, -0.25) is 5.10 Å². The van der Waals surface area contributed by atoms with Crippen LogP contribution >= 0.6 is 0 Å². The predicted molar refractivity (Wildman–Crippen MR) is 82.9 cm³/mol. The molecular formula is C15H15N5O3. The summed E-state index contributed by atoms with van der Waals surface area (Å²) in [5.41, 5.74) is 0.664. The second kappa shape index (κ2) is 6.65. The number of rotatable bonds is 5. The second-order valence-electron chi connectivity index (χ2n) is 4.62. The number of H-pyrrole nitrogens is 1. The number of hydrogen-bond acceptors (Lipinski definition) is 5. The zero-order chi connectivity index (χ0) is 16.1. The molecule has 3 rings (SSSR count). The Morgan fingerprint density at radius 1 is 1.30 bits per heavy atom. The average molecular weight is 313 g/mol. The molecule has 0 aliphatic rings. The predicted octanol–water partition coefficient (Wildman–Crippen LogP) is 2.39. The van der Waals surface area contributed by atoms with Gasteiger partial charge in [-0.25, -0.2) is 9.78 Å². The number of carbonyl (C=O) groups excluding carboxylic acids is 1. The second-order valence-corrected chi connectivity index (χ2v) is 4.62. The van der Waals surface area contributed by atoms with Crippen molar-refractivity contribution in [3.05, 3.63) is 48.5 Å². The van der Waals surface area contributed by atoms with Gasteiger partial charge in [0.25, 0.3) is 0 Å². The maximum absolute atomic E-state index is 11.8. The minimum atomic E-state index is -0.342. The molecule has 3 N–H and O–H groups in total. The number of carbonyl (C=O) groups is 1. The Morgan fingerprint density at radius 3 is 2.83 bits per heavy atom. The third-order valence-electron chi connectivity index (χ3n) is 3.04. The van der Waals surface area contributed by atoms with Crippen molar-refractivity contribution in [3.63, 3.8) is 0 Å². The number of nitrogens with one attached hydrogen (secondary N) is 3. The SMILES string of the molecule is COc1ccc(NC(=O)NCc2nc(-c3ccco3)n[nH]2)cc1. The Bertz CT molecular complexity index is 765. The van der Waals surface area contributed by atoms with Crippen molar-refractivity contribution >= 4 is 11.7 Å². The van der Waals surface area contributed by atoms with Crippen molar-refractivity contribution in [2.75, 3.05) is 12.4 Å².